The first kappa shape index (κ1) is 18.1. The molecule has 1 N–H and O–H groups in total. The summed E-state index contributed by atoms with van der Waals surface area (Å²) < 4.78 is 2.44. The summed E-state index contributed by atoms with van der Waals surface area (Å²) >= 11 is 0. The smallest absolute Gasteiger partial charge is 0.0702 e. The minimum Gasteiger partial charge on any atom is -0.392 e. The summed E-state index contributed by atoms with van der Waals surface area (Å²) in [5.41, 5.74) is 2.35. The van der Waals surface area contributed by atoms with Crippen LogP contribution in [-0.2, 0) is 6.61 Å². The van der Waals surface area contributed by atoms with Gasteiger partial charge in [-0.15, -0.1) is 0 Å². The predicted octanol–water partition coefficient (Wildman–Crippen LogP) is 4.99. The van der Waals surface area contributed by atoms with E-state index in [-0.39, 0.29) is 6.61 Å². The van der Waals surface area contributed by atoms with Crippen molar-refractivity contribution in [3.05, 3.63) is 36.0 Å². The molecule has 1 saturated heterocycles. The fourth-order valence-corrected chi connectivity index (χ4v) is 5.37. The van der Waals surface area contributed by atoms with Gasteiger partial charge in [-0.2, -0.15) is 0 Å². The van der Waals surface area contributed by atoms with E-state index in [1.54, 1.807) is 0 Å². The SMILES string of the molecule is CC(C)C1CCC(N2CCC(n3cc(CO)c4ccccc43)CC2)CC1. The summed E-state index contributed by atoms with van der Waals surface area (Å²) in [4.78, 5) is 2.77. The Balaban J connectivity index is 1.40. The first-order valence-electron chi connectivity index (χ1n) is 10.6. The summed E-state index contributed by atoms with van der Waals surface area (Å²) in [6, 6.07) is 9.92. The van der Waals surface area contributed by atoms with Gasteiger partial charge in [0.1, 0.15) is 0 Å². The van der Waals surface area contributed by atoms with Gasteiger partial charge in [-0.05, 0) is 56.4 Å². The van der Waals surface area contributed by atoms with Gasteiger partial charge >= 0.3 is 0 Å². The quantitative estimate of drug-likeness (QED) is 0.838. The van der Waals surface area contributed by atoms with Crippen LogP contribution in [0.15, 0.2) is 30.5 Å². The van der Waals surface area contributed by atoms with E-state index in [1.165, 1.54) is 62.5 Å². The van der Waals surface area contributed by atoms with Crippen molar-refractivity contribution in [3.63, 3.8) is 0 Å². The van der Waals surface area contributed by atoms with Crippen molar-refractivity contribution in [2.75, 3.05) is 13.1 Å². The average molecular weight is 355 g/mol. The van der Waals surface area contributed by atoms with E-state index < -0.39 is 0 Å². The van der Waals surface area contributed by atoms with Crippen molar-refractivity contribution < 1.29 is 5.11 Å². The maximum atomic E-state index is 9.70. The van der Waals surface area contributed by atoms with E-state index in [9.17, 15) is 5.11 Å². The normalized spacial score (nSPS) is 26.0. The Labute approximate surface area is 158 Å². The Morgan fingerprint density at radius 3 is 2.31 bits per heavy atom. The number of aliphatic hydroxyl groups excluding tert-OH is 1. The third kappa shape index (κ3) is 3.44. The molecule has 0 atom stereocenters. The molecule has 26 heavy (non-hydrogen) atoms. The molecule has 142 valence electrons. The number of aliphatic hydroxyl groups is 1. The molecule has 2 fully saturated rings. The van der Waals surface area contributed by atoms with Crippen molar-refractivity contribution in [2.45, 2.75) is 71.1 Å². The van der Waals surface area contributed by atoms with E-state index in [0.29, 0.717) is 6.04 Å². The zero-order valence-corrected chi connectivity index (χ0v) is 16.4. The maximum Gasteiger partial charge on any atom is 0.0702 e. The van der Waals surface area contributed by atoms with E-state index >= 15 is 0 Å². The summed E-state index contributed by atoms with van der Waals surface area (Å²) in [5, 5.41) is 10.9. The molecular weight excluding hydrogens is 320 g/mol. The molecule has 0 amide bonds. The lowest BCUT2D eigenvalue weighted by atomic mass is 9.79. The number of fused-ring (bicyclic) bond motifs is 1. The van der Waals surface area contributed by atoms with Gasteiger partial charge in [0.15, 0.2) is 0 Å². The molecule has 1 aromatic heterocycles. The maximum absolute atomic E-state index is 9.70. The summed E-state index contributed by atoms with van der Waals surface area (Å²) in [6.45, 7) is 7.35. The average Bonchev–Trinajstić information content (AvgIpc) is 3.07. The van der Waals surface area contributed by atoms with Crippen LogP contribution in [0.25, 0.3) is 10.9 Å². The summed E-state index contributed by atoms with van der Waals surface area (Å²) in [7, 11) is 0. The van der Waals surface area contributed by atoms with E-state index in [0.717, 1.165) is 23.4 Å². The zero-order chi connectivity index (χ0) is 18.1. The number of piperidine rings is 1. The number of benzene rings is 1. The Kier molecular flexibility index (Phi) is 5.37. The minimum absolute atomic E-state index is 0.130. The molecule has 1 aromatic carbocycles. The van der Waals surface area contributed by atoms with Crippen molar-refractivity contribution in [3.8, 4) is 0 Å². The highest BCUT2D eigenvalue weighted by atomic mass is 16.3. The van der Waals surface area contributed by atoms with Crippen LogP contribution in [0.4, 0.5) is 0 Å². The lowest BCUT2D eigenvalue weighted by Crippen LogP contribution is -2.43. The standard InChI is InChI=1S/C23H34N2O/c1-17(2)18-7-9-20(10-8-18)24-13-11-21(12-14-24)25-15-19(16-26)22-5-3-4-6-23(22)25/h3-6,15,17-18,20-21,26H,7-14,16H2,1-2H3. The lowest BCUT2D eigenvalue weighted by molar-refractivity contribution is 0.0893. The van der Waals surface area contributed by atoms with Gasteiger partial charge in [0, 0.05) is 47.8 Å². The number of hydrogen-bond acceptors (Lipinski definition) is 2. The molecule has 0 radical (unpaired) electrons. The summed E-state index contributed by atoms with van der Waals surface area (Å²) in [6.07, 6.45) is 10.3. The van der Waals surface area contributed by atoms with Crippen LogP contribution in [0.2, 0.25) is 0 Å². The molecule has 2 heterocycles. The fraction of sp³-hybridized carbons (Fsp3) is 0.652. The van der Waals surface area contributed by atoms with Gasteiger partial charge in [0.05, 0.1) is 6.61 Å². The number of para-hydroxylation sites is 1. The van der Waals surface area contributed by atoms with Crippen LogP contribution in [-0.4, -0.2) is 33.7 Å². The molecular formula is C23H34N2O. The van der Waals surface area contributed by atoms with Gasteiger partial charge in [0.25, 0.3) is 0 Å². The second kappa shape index (κ2) is 7.74. The van der Waals surface area contributed by atoms with Crippen LogP contribution in [0, 0.1) is 11.8 Å². The van der Waals surface area contributed by atoms with Gasteiger partial charge in [0.2, 0.25) is 0 Å². The number of nitrogens with zero attached hydrogens (tertiary/aromatic N) is 2. The monoisotopic (exact) mass is 354 g/mol. The topological polar surface area (TPSA) is 28.4 Å². The highest BCUT2D eigenvalue weighted by molar-refractivity contribution is 5.84. The Hall–Kier alpha value is -1.32. The van der Waals surface area contributed by atoms with Crippen LogP contribution in [0.3, 0.4) is 0 Å². The minimum atomic E-state index is 0.130. The fourth-order valence-electron chi connectivity index (χ4n) is 5.37. The largest absolute Gasteiger partial charge is 0.392 e. The number of likely N-dealkylation sites (tertiary alicyclic amines) is 1. The first-order chi connectivity index (χ1) is 12.7. The molecule has 0 bridgehead atoms. The van der Waals surface area contributed by atoms with Gasteiger partial charge in [-0.25, -0.2) is 0 Å². The molecule has 1 aliphatic heterocycles. The predicted molar refractivity (Wildman–Crippen MR) is 108 cm³/mol. The number of aromatic nitrogens is 1. The van der Waals surface area contributed by atoms with Gasteiger partial charge in [-0.3, -0.25) is 0 Å². The number of hydrogen-bond donors (Lipinski definition) is 1. The van der Waals surface area contributed by atoms with E-state index in [2.05, 4.69) is 53.8 Å². The Bertz CT molecular complexity index is 719. The molecule has 1 saturated carbocycles. The Morgan fingerprint density at radius 2 is 1.65 bits per heavy atom. The molecule has 4 rings (SSSR count). The lowest BCUT2D eigenvalue weighted by Gasteiger charge is -2.42. The van der Waals surface area contributed by atoms with E-state index in [1.807, 2.05) is 0 Å². The zero-order valence-electron chi connectivity index (χ0n) is 16.4. The molecule has 0 spiro atoms. The second-order valence-electron chi connectivity index (χ2n) is 8.82. The van der Waals surface area contributed by atoms with Crippen LogP contribution in [0.5, 0.6) is 0 Å². The molecule has 3 heteroatoms. The van der Waals surface area contributed by atoms with Crippen molar-refractivity contribution in [1.29, 1.82) is 0 Å². The van der Waals surface area contributed by atoms with Gasteiger partial charge in [-0.1, -0.05) is 32.0 Å². The highest BCUT2D eigenvalue weighted by Crippen LogP contribution is 2.35. The van der Waals surface area contributed by atoms with Crippen LogP contribution in [0.1, 0.15) is 64.0 Å². The van der Waals surface area contributed by atoms with Crippen LogP contribution < -0.4 is 0 Å². The molecule has 0 unspecified atom stereocenters. The third-order valence-corrected chi connectivity index (χ3v) is 7.09. The van der Waals surface area contributed by atoms with Crippen LogP contribution >= 0.6 is 0 Å². The van der Waals surface area contributed by atoms with Crippen molar-refractivity contribution in [1.82, 2.24) is 9.47 Å². The molecule has 2 aliphatic rings. The second-order valence-corrected chi connectivity index (χ2v) is 8.82. The molecule has 1 aliphatic carbocycles. The van der Waals surface area contributed by atoms with Crippen molar-refractivity contribution in [2.24, 2.45) is 11.8 Å². The molecule has 3 nitrogen and oxygen atoms in total. The van der Waals surface area contributed by atoms with Crippen molar-refractivity contribution >= 4 is 10.9 Å². The van der Waals surface area contributed by atoms with E-state index in [4.69, 9.17) is 0 Å². The number of rotatable bonds is 4. The third-order valence-electron chi connectivity index (χ3n) is 7.09. The highest BCUT2D eigenvalue weighted by Gasteiger charge is 2.30. The first-order valence-corrected chi connectivity index (χ1v) is 10.6. The molecule has 2 aromatic rings. The van der Waals surface area contributed by atoms with Gasteiger partial charge < -0.3 is 14.6 Å². The summed E-state index contributed by atoms with van der Waals surface area (Å²) in [5.74, 6) is 1.80. The Morgan fingerprint density at radius 1 is 0.962 bits per heavy atom.